The number of hydrogen-bond donors (Lipinski definition) is 3. The van der Waals surface area contributed by atoms with E-state index in [1.807, 2.05) is 13.2 Å². The molecule has 3 atom stereocenters. The molecule has 6 heteroatoms. The molecule has 3 unspecified atom stereocenters. The van der Waals surface area contributed by atoms with Gasteiger partial charge in [-0.05, 0) is 20.1 Å². The summed E-state index contributed by atoms with van der Waals surface area (Å²) in [6.45, 7) is 4.40. The van der Waals surface area contributed by atoms with Crippen LogP contribution < -0.4 is 5.32 Å². The fourth-order valence-corrected chi connectivity index (χ4v) is 2.03. The summed E-state index contributed by atoms with van der Waals surface area (Å²) in [5.41, 5.74) is 0. The third-order valence-electron chi connectivity index (χ3n) is 2.42. The first kappa shape index (κ1) is 16.7. The number of nitrogens with one attached hydrogen (secondary N) is 1. The van der Waals surface area contributed by atoms with E-state index in [9.17, 15) is 9.90 Å². The van der Waals surface area contributed by atoms with Crippen molar-refractivity contribution in [2.24, 2.45) is 0 Å². The van der Waals surface area contributed by atoms with Gasteiger partial charge in [0.15, 0.2) is 0 Å². The van der Waals surface area contributed by atoms with Crippen molar-refractivity contribution in [3.63, 3.8) is 0 Å². The topological polar surface area (TPSA) is 78.8 Å². The van der Waals surface area contributed by atoms with Gasteiger partial charge in [0, 0.05) is 17.8 Å². The van der Waals surface area contributed by atoms with Gasteiger partial charge in [-0.2, -0.15) is 11.8 Å². The number of hydrogen-bond acceptors (Lipinski definition) is 6. The lowest BCUT2D eigenvalue weighted by atomic mass is 10.2. The van der Waals surface area contributed by atoms with Gasteiger partial charge in [0.05, 0.1) is 25.7 Å². The Labute approximate surface area is 107 Å². The van der Waals surface area contributed by atoms with Gasteiger partial charge in [-0.1, -0.05) is 0 Å². The number of esters is 1. The smallest absolute Gasteiger partial charge is 0.308 e. The van der Waals surface area contributed by atoms with Crippen molar-refractivity contribution in [1.29, 1.82) is 0 Å². The van der Waals surface area contributed by atoms with E-state index in [1.165, 1.54) is 0 Å². The van der Waals surface area contributed by atoms with E-state index >= 15 is 0 Å². The van der Waals surface area contributed by atoms with E-state index in [4.69, 9.17) is 9.84 Å². The van der Waals surface area contributed by atoms with Gasteiger partial charge < -0.3 is 20.3 Å². The monoisotopic (exact) mass is 265 g/mol. The van der Waals surface area contributed by atoms with Crippen LogP contribution in [0.25, 0.3) is 0 Å². The maximum Gasteiger partial charge on any atom is 0.308 e. The summed E-state index contributed by atoms with van der Waals surface area (Å²) < 4.78 is 4.74. The van der Waals surface area contributed by atoms with Crippen LogP contribution in [0.3, 0.4) is 0 Å². The average Bonchev–Trinajstić information content (AvgIpc) is 2.28. The molecule has 0 aliphatic rings. The molecule has 0 amide bonds. The standard InChI is InChI=1S/C11H23NO4S/c1-4-16-11(15)5-9(14)6-12-8(2)10(7-13)17-3/h8-10,12-14H,4-7H2,1-3H3. The van der Waals surface area contributed by atoms with E-state index in [0.717, 1.165) is 0 Å². The lowest BCUT2D eigenvalue weighted by Crippen LogP contribution is -2.41. The summed E-state index contributed by atoms with van der Waals surface area (Å²) in [6.07, 6.45) is 1.17. The number of thioether (sulfide) groups is 1. The molecule has 0 heterocycles. The van der Waals surface area contributed by atoms with Crippen LogP contribution in [0.2, 0.25) is 0 Å². The molecule has 0 fully saturated rings. The maximum atomic E-state index is 11.1. The van der Waals surface area contributed by atoms with Gasteiger partial charge in [-0.3, -0.25) is 4.79 Å². The second-order valence-electron chi connectivity index (χ2n) is 3.82. The highest BCUT2D eigenvalue weighted by molar-refractivity contribution is 7.99. The molecule has 3 N–H and O–H groups in total. The maximum absolute atomic E-state index is 11.1. The number of carbonyl (C=O) groups excluding carboxylic acids is 1. The zero-order valence-electron chi connectivity index (χ0n) is 10.7. The summed E-state index contributed by atoms with van der Waals surface area (Å²) in [7, 11) is 0. The Morgan fingerprint density at radius 1 is 1.53 bits per heavy atom. The normalized spacial score (nSPS) is 16.3. The van der Waals surface area contributed by atoms with Crippen molar-refractivity contribution in [3.8, 4) is 0 Å². The first-order valence-corrected chi connectivity index (χ1v) is 7.04. The summed E-state index contributed by atoms with van der Waals surface area (Å²) in [6, 6.07) is 0.0758. The van der Waals surface area contributed by atoms with Crippen LogP contribution in [0.15, 0.2) is 0 Å². The van der Waals surface area contributed by atoms with Crippen LogP contribution >= 0.6 is 11.8 Å². The van der Waals surface area contributed by atoms with E-state index in [0.29, 0.717) is 13.2 Å². The Hall–Kier alpha value is -0.300. The molecule has 0 spiro atoms. The van der Waals surface area contributed by atoms with Crippen LogP contribution in [-0.4, -0.2) is 59.6 Å². The third kappa shape index (κ3) is 7.59. The first-order valence-electron chi connectivity index (χ1n) is 5.75. The summed E-state index contributed by atoms with van der Waals surface area (Å²) in [5, 5.41) is 21.9. The molecule has 0 rings (SSSR count). The van der Waals surface area contributed by atoms with Crippen LogP contribution in [0.1, 0.15) is 20.3 Å². The zero-order valence-corrected chi connectivity index (χ0v) is 11.5. The molecule has 0 radical (unpaired) electrons. The molecule has 0 aromatic rings. The Morgan fingerprint density at radius 2 is 2.18 bits per heavy atom. The van der Waals surface area contributed by atoms with E-state index in [2.05, 4.69) is 5.32 Å². The number of carbonyl (C=O) groups is 1. The SMILES string of the molecule is CCOC(=O)CC(O)CNC(C)C(CO)SC. The quantitative estimate of drug-likeness (QED) is 0.509. The highest BCUT2D eigenvalue weighted by Crippen LogP contribution is 2.10. The minimum absolute atomic E-state index is 0.00335. The van der Waals surface area contributed by atoms with Gasteiger partial charge in [-0.25, -0.2) is 0 Å². The molecular formula is C11H23NO4S. The number of rotatable bonds is 9. The molecule has 0 aliphatic carbocycles. The lowest BCUT2D eigenvalue weighted by molar-refractivity contribution is -0.145. The molecule has 0 aromatic heterocycles. The van der Waals surface area contributed by atoms with Crippen LogP contribution in [0.4, 0.5) is 0 Å². The summed E-state index contributed by atoms with van der Waals surface area (Å²) >= 11 is 1.57. The van der Waals surface area contributed by atoms with Gasteiger partial charge >= 0.3 is 5.97 Å². The summed E-state index contributed by atoms with van der Waals surface area (Å²) in [4.78, 5) is 11.1. The van der Waals surface area contributed by atoms with Crippen LogP contribution in [0.5, 0.6) is 0 Å². The molecule has 17 heavy (non-hydrogen) atoms. The molecule has 0 aromatic carbocycles. The van der Waals surface area contributed by atoms with Crippen molar-refractivity contribution in [2.45, 2.75) is 37.7 Å². The predicted octanol–water partition coefficient (Wildman–Crippen LogP) is 0.00250. The fraction of sp³-hybridized carbons (Fsp3) is 0.909. The second-order valence-corrected chi connectivity index (χ2v) is 4.89. The molecule has 0 aliphatic heterocycles. The van der Waals surface area contributed by atoms with E-state index < -0.39 is 12.1 Å². The van der Waals surface area contributed by atoms with Gasteiger partial charge in [-0.15, -0.1) is 0 Å². The van der Waals surface area contributed by atoms with Crippen molar-refractivity contribution >= 4 is 17.7 Å². The average molecular weight is 265 g/mol. The number of aliphatic hydroxyl groups is 2. The molecule has 0 saturated carbocycles. The van der Waals surface area contributed by atoms with Gasteiger partial charge in [0.2, 0.25) is 0 Å². The third-order valence-corrected chi connectivity index (χ3v) is 3.59. The Morgan fingerprint density at radius 3 is 2.65 bits per heavy atom. The Kier molecular flexibility index (Phi) is 9.53. The van der Waals surface area contributed by atoms with Crippen molar-refractivity contribution in [3.05, 3.63) is 0 Å². The highest BCUT2D eigenvalue weighted by Gasteiger charge is 2.17. The van der Waals surface area contributed by atoms with Crippen molar-refractivity contribution < 1.29 is 19.7 Å². The minimum atomic E-state index is -0.752. The van der Waals surface area contributed by atoms with Crippen molar-refractivity contribution in [1.82, 2.24) is 5.32 Å². The largest absolute Gasteiger partial charge is 0.466 e. The molecule has 0 saturated heterocycles. The van der Waals surface area contributed by atoms with Gasteiger partial charge in [0.25, 0.3) is 0 Å². The highest BCUT2D eigenvalue weighted by atomic mass is 32.2. The minimum Gasteiger partial charge on any atom is -0.466 e. The number of ether oxygens (including phenoxy) is 1. The van der Waals surface area contributed by atoms with Crippen LogP contribution in [-0.2, 0) is 9.53 Å². The Balaban J connectivity index is 3.82. The summed E-state index contributed by atoms with van der Waals surface area (Å²) in [5.74, 6) is -0.391. The predicted molar refractivity (Wildman–Crippen MR) is 69.1 cm³/mol. The Bertz CT molecular complexity index is 212. The molecule has 0 bridgehead atoms. The first-order chi connectivity index (χ1) is 8.04. The second kappa shape index (κ2) is 9.70. The lowest BCUT2D eigenvalue weighted by Gasteiger charge is -2.22. The molecule has 5 nitrogen and oxygen atoms in total. The molecule has 102 valence electrons. The zero-order chi connectivity index (χ0) is 13.3. The molecular weight excluding hydrogens is 242 g/mol. The van der Waals surface area contributed by atoms with E-state index in [-0.39, 0.29) is 24.3 Å². The van der Waals surface area contributed by atoms with E-state index in [1.54, 1.807) is 18.7 Å². The van der Waals surface area contributed by atoms with Gasteiger partial charge in [0.1, 0.15) is 0 Å². The fourth-order valence-electron chi connectivity index (χ4n) is 1.37. The van der Waals surface area contributed by atoms with Crippen LogP contribution in [0, 0.1) is 0 Å². The van der Waals surface area contributed by atoms with Crippen molar-refractivity contribution in [2.75, 3.05) is 26.0 Å². The number of aliphatic hydroxyl groups excluding tert-OH is 2.